The summed E-state index contributed by atoms with van der Waals surface area (Å²) in [7, 11) is 0. The van der Waals surface area contributed by atoms with Gasteiger partial charge in [0.2, 0.25) is 5.91 Å². The van der Waals surface area contributed by atoms with Gasteiger partial charge in [0.1, 0.15) is 11.9 Å². The molecule has 2 fully saturated rings. The van der Waals surface area contributed by atoms with Crippen molar-refractivity contribution < 1.29 is 42.5 Å². The first-order valence-electron chi connectivity index (χ1n) is 15.4. The number of carbonyl (C=O) groups excluding carboxylic acids is 2. The van der Waals surface area contributed by atoms with Crippen LogP contribution in [-0.4, -0.2) is 34.6 Å². The number of carboxylic acid groups (broad SMARTS) is 1. The molecule has 2 saturated carbocycles. The van der Waals surface area contributed by atoms with Crippen molar-refractivity contribution in [2.24, 2.45) is 11.1 Å². The zero-order valence-electron chi connectivity index (χ0n) is 25.4. The number of aryl methyl sites for hydroxylation is 1. The van der Waals surface area contributed by atoms with Crippen LogP contribution < -0.4 is 25.3 Å². The van der Waals surface area contributed by atoms with E-state index in [1.807, 2.05) is 31.2 Å². The van der Waals surface area contributed by atoms with Crippen LogP contribution in [0.2, 0.25) is 0 Å². The summed E-state index contributed by atoms with van der Waals surface area (Å²) in [6, 6.07) is 16.6. The number of Topliss-reactive ketones (excluding diaryl/α,β-unsaturated/α-hetero) is 1. The first-order valence-corrected chi connectivity index (χ1v) is 15.4. The van der Waals surface area contributed by atoms with Gasteiger partial charge in [0, 0.05) is 17.5 Å². The van der Waals surface area contributed by atoms with E-state index in [2.05, 4.69) is 14.8 Å². The number of carboxylic acids is 1. The molecule has 0 bridgehead atoms. The SMILES string of the molecule is Cc1ccc2c(c1)O[C@@H](c1cccc(C(=O)C3(N)CCCC3(C)C(=O)O)c1)C[C@H]2NC(=O)C1(c2ccc3c(c2)OC(F)(F)O3)CC1. The number of hydrogen-bond acceptors (Lipinski definition) is 7. The number of halogens is 2. The lowest BCUT2D eigenvalue weighted by Crippen LogP contribution is -2.59. The molecule has 4 atom stereocenters. The lowest BCUT2D eigenvalue weighted by atomic mass is 9.70. The third-order valence-corrected chi connectivity index (χ3v) is 10.3. The normalized spacial score (nSPS) is 28.1. The summed E-state index contributed by atoms with van der Waals surface area (Å²) >= 11 is 0. The maximum atomic E-state index is 13.9. The number of alkyl halides is 2. The van der Waals surface area contributed by atoms with Crippen molar-refractivity contribution >= 4 is 17.7 Å². The fraction of sp³-hybridized carbons (Fsp3) is 0.400. The first kappa shape index (κ1) is 30.2. The van der Waals surface area contributed by atoms with Crippen LogP contribution in [0.25, 0.3) is 0 Å². The zero-order chi connectivity index (χ0) is 32.6. The summed E-state index contributed by atoms with van der Waals surface area (Å²) in [6.07, 6.45) is -1.74. The Morgan fingerprint density at radius 3 is 2.43 bits per heavy atom. The van der Waals surface area contributed by atoms with Crippen molar-refractivity contribution in [3.63, 3.8) is 0 Å². The fourth-order valence-corrected chi connectivity index (χ4v) is 7.25. The van der Waals surface area contributed by atoms with Crippen LogP contribution >= 0.6 is 0 Å². The molecule has 2 unspecified atom stereocenters. The van der Waals surface area contributed by atoms with Gasteiger partial charge in [-0.25, -0.2) is 0 Å². The van der Waals surface area contributed by atoms with Gasteiger partial charge in [-0.2, -0.15) is 0 Å². The molecule has 9 nitrogen and oxygen atoms in total. The molecule has 0 aromatic heterocycles. The van der Waals surface area contributed by atoms with E-state index in [1.54, 1.807) is 24.3 Å². The van der Waals surface area contributed by atoms with E-state index in [4.69, 9.17) is 10.5 Å². The lowest BCUT2D eigenvalue weighted by Gasteiger charge is -2.36. The molecular weight excluding hydrogens is 598 g/mol. The molecule has 7 rings (SSSR count). The number of benzene rings is 3. The molecular formula is C35H34F2N2O7. The van der Waals surface area contributed by atoms with E-state index >= 15 is 0 Å². The minimum Gasteiger partial charge on any atom is -0.485 e. The molecule has 240 valence electrons. The Morgan fingerprint density at radius 2 is 1.70 bits per heavy atom. The second-order valence-corrected chi connectivity index (χ2v) is 13.2. The summed E-state index contributed by atoms with van der Waals surface area (Å²) in [5.74, 6) is -1.35. The van der Waals surface area contributed by atoms with E-state index in [0.717, 1.165) is 11.1 Å². The maximum Gasteiger partial charge on any atom is 0.586 e. The smallest absolute Gasteiger partial charge is 0.485 e. The van der Waals surface area contributed by atoms with Crippen molar-refractivity contribution in [2.45, 2.75) is 81.8 Å². The number of aliphatic carboxylic acids is 1. The molecule has 11 heteroatoms. The zero-order valence-corrected chi connectivity index (χ0v) is 25.4. The van der Waals surface area contributed by atoms with Crippen molar-refractivity contribution in [3.05, 3.63) is 88.5 Å². The first-order chi connectivity index (χ1) is 21.7. The number of nitrogens with two attached hydrogens (primary N) is 1. The molecule has 2 heterocycles. The molecule has 0 spiro atoms. The van der Waals surface area contributed by atoms with Crippen LogP contribution in [0, 0.1) is 12.3 Å². The minimum atomic E-state index is -3.75. The Kier molecular flexibility index (Phi) is 6.72. The molecule has 1 amide bonds. The Bertz CT molecular complexity index is 1790. The molecule has 46 heavy (non-hydrogen) atoms. The van der Waals surface area contributed by atoms with Crippen molar-refractivity contribution in [2.75, 3.05) is 0 Å². The minimum absolute atomic E-state index is 0.0803. The van der Waals surface area contributed by atoms with Gasteiger partial charge in [0.15, 0.2) is 17.3 Å². The van der Waals surface area contributed by atoms with E-state index in [9.17, 15) is 28.3 Å². The highest BCUT2D eigenvalue weighted by molar-refractivity contribution is 6.07. The van der Waals surface area contributed by atoms with Crippen LogP contribution in [0.1, 0.15) is 90.2 Å². The number of carbonyl (C=O) groups is 3. The van der Waals surface area contributed by atoms with E-state index < -0.39 is 46.6 Å². The van der Waals surface area contributed by atoms with Crippen molar-refractivity contribution in [1.82, 2.24) is 5.32 Å². The maximum absolute atomic E-state index is 13.9. The van der Waals surface area contributed by atoms with Crippen LogP contribution in [0.3, 0.4) is 0 Å². The second kappa shape index (κ2) is 10.2. The highest BCUT2D eigenvalue weighted by atomic mass is 19.3. The number of amides is 1. The Balaban J connectivity index is 1.16. The van der Waals surface area contributed by atoms with Gasteiger partial charge in [0.05, 0.1) is 22.4 Å². The molecule has 3 aromatic rings. The third-order valence-electron chi connectivity index (χ3n) is 10.3. The number of ether oxygens (including phenoxy) is 3. The lowest BCUT2D eigenvalue weighted by molar-refractivity contribution is -0.286. The summed E-state index contributed by atoms with van der Waals surface area (Å²) in [5, 5.41) is 13.1. The highest BCUT2D eigenvalue weighted by Gasteiger charge is 2.59. The third kappa shape index (κ3) is 4.71. The predicted octanol–water partition coefficient (Wildman–Crippen LogP) is 5.88. The molecule has 4 N–H and O–H groups in total. The molecule has 4 aliphatic rings. The van der Waals surface area contributed by atoms with E-state index in [-0.39, 0.29) is 23.8 Å². The molecule has 0 radical (unpaired) electrons. The van der Waals surface area contributed by atoms with Crippen LogP contribution in [0.15, 0.2) is 60.7 Å². The van der Waals surface area contributed by atoms with Crippen molar-refractivity contribution in [1.29, 1.82) is 0 Å². The Morgan fingerprint density at radius 1 is 0.935 bits per heavy atom. The molecule has 0 saturated heterocycles. The second-order valence-electron chi connectivity index (χ2n) is 13.2. The summed E-state index contributed by atoms with van der Waals surface area (Å²) in [5.41, 5.74) is 6.07. The molecule has 2 aliphatic heterocycles. The summed E-state index contributed by atoms with van der Waals surface area (Å²) < 4.78 is 42.9. The number of hydrogen-bond donors (Lipinski definition) is 3. The molecule has 2 aliphatic carbocycles. The van der Waals surface area contributed by atoms with Crippen LogP contribution in [-0.2, 0) is 15.0 Å². The van der Waals surface area contributed by atoms with Gasteiger partial charge in [-0.05, 0) is 86.9 Å². The van der Waals surface area contributed by atoms with Gasteiger partial charge in [-0.1, -0.05) is 36.4 Å². The van der Waals surface area contributed by atoms with Crippen LogP contribution in [0.5, 0.6) is 17.2 Å². The summed E-state index contributed by atoms with van der Waals surface area (Å²) in [6.45, 7) is 3.47. The largest absolute Gasteiger partial charge is 0.586 e. The van der Waals surface area contributed by atoms with E-state index in [1.165, 1.54) is 19.1 Å². The van der Waals surface area contributed by atoms with Crippen LogP contribution in [0.4, 0.5) is 8.78 Å². The summed E-state index contributed by atoms with van der Waals surface area (Å²) in [4.78, 5) is 39.9. The van der Waals surface area contributed by atoms with E-state index in [0.29, 0.717) is 54.5 Å². The van der Waals surface area contributed by atoms with Gasteiger partial charge >= 0.3 is 12.3 Å². The average molecular weight is 633 g/mol. The number of fused-ring (bicyclic) bond motifs is 2. The van der Waals surface area contributed by atoms with Gasteiger partial charge in [-0.15, -0.1) is 8.78 Å². The van der Waals surface area contributed by atoms with Gasteiger partial charge in [0.25, 0.3) is 0 Å². The Hall–Kier alpha value is -4.51. The average Bonchev–Trinajstić information content (AvgIpc) is 3.68. The monoisotopic (exact) mass is 632 g/mol. The number of rotatable bonds is 7. The fourth-order valence-electron chi connectivity index (χ4n) is 7.25. The van der Waals surface area contributed by atoms with Gasteiger partial charge < -0.3 is 30.4 Å². The standard InChI is InChI=1S/C35H34F2N2O7/c1-19-7-9-23-24(39-30(41)33(13-14-33)22-8-10-25-28(17-22)46-35(36,37)45-25)18-26(44-27(23)15-19)20-5-3-6-21(16-20)29(40)34(38)12-4-11-32(34,2)31(42)43/h3,5-10,15-17,24,26H,4,11-14,18,38H2,1-2H3,(H,39,41)(H,42,43)/t24-,26-,32?,34?/m1/s1. The highest BCUT2D eigenvalue weighted by Crippen LogP contribution is 2.53. The molecule has 3 aromatic carbocycles. The predicted molar refractivity (Wildman–Crippen MR) is 161 cm³/mol. The number of ketones is 1. The topological polar surface area (TPSA) is 137 Å². The van der Waals surface area contributed by atoms with Crippen molar-refractivity contribution in [3.8, 4) is 17.2 Å². The Labute approximate surface area is 264 Å². The number of nitrogens with one attached hydrogen (secondary N) is 1. The van der Waals surface area contributed by atoms with Gasteiger partial charge in [-0.3, -0.25) is 14.4 Å². The quantitative estimate of drug-likeness (QED) is 0.275.